The van der Waals surface area contributed by atoms with Gasteiger partial charge in [0.1, 0.15) is 0 Å². The number of sulfone groups is 1. The number of anilines is 1. The summed E-state index contributed by atoms with van der Waals surface area (Å²) >= 11 is 1.19. The van der Waals surface area contributed by atoms with Crippen LogP contribution in [0.5, 0.6) is 0 Å². The lowest BCUT2D eigenvalue weighted by Gasteiger charge is -2.29. The van der Waals surface area contributed by atoms with Crippen LogP contribution in [0.2, 0.25) is 0 Å². The standard InChI is InChI=1S/C15H19N3O5S3/c1-25(20,21)11-5-6-12-13(8-11)24-15(16-12)17-14(19)10-4-3-7-18(9-10)26(2,22)23/h5-6,8,10H,3-4,7,9H2,1-2H3,(H,16,17,19). The molecule has 1 fully saturated rings. The first-order chi connectivity index (χ1) is 12.0. The second kappa shape index (κ2) is 6.87. The quantitative estimate of drug-likeness (QED) is 0.802. The molecule has 0 radical (unpaired) electrons. The highest BCUT2D eigenvalue weighted by Crippen LogP contribution is 2.29. The highest BCUT2D eigenvalue weighted by molar-refractivity contribution is 7.90. The van der Waals surface area contributed by atoms with E-state index < -0.39 is 25.8 Å². The summed E-state index contributed by atoms with van der Waals surface area (Å²) in [5.41, 5.74) is 0.596. The summed E-state index contributed by atoms with van der Waals surface area (Å²) < 4.78 is 48.6. The fourth-order valence-electron chi connectivity index (χ4n) is 2.85. The molecule has 1 aliphatic rings. The van der Waals surface area contributed by atoms with Crippen molar-refractivity contribution in [3.8, 4) is 0 Å². The maximum atomic E-state index is 12.5. The molecule has 0 bridgehead atoms. The maximum Gasteiger partial charge on any atom is 0.230 e. The summed E-state index contributed by atoms with van der Waals surface area (Å²) in [6.07, 6.45) is 3.51. The van der Waals surface area contributed by atoms with Crippen LogP contribution in [0.25, 0.3) is 10.2 Å². The Morgan fingerprint density at radius 3 is 2.65 bits per heavy atom. The van der Waals surface area contributed by atoms with Gasteiger partial charge in [0.05, 0.1) is 27.3 Å². The first-order valence-corrected chi connectivity index (χ1v) is 12.5. The molecule has 0 spiro atoms. The minimum absolute atomic E-state index is 0.161. The van der Waals surface area contributed by atoms with Gasteiger partial charge in [0.15, 0.2) is 15.0 Å². The summed E-state index contributed by atoms with van der Waals surface area (Å²) in [5.74, 6) is -0.710. The topological polar surface area (TPSA) is 114 Å². The van der Waals surface area contributed by atoms with E-state index in [2.05, 4.69) is 10.3 Å². The summed E-state index contributed by atoms with van der Waals surface area (Å²) in [5, 5.41) is 3.10. The van der Waals surface area contributed by atoms with Crippen molar-refractivity contribution < 1.29 is 21.6 Å². The number of rotatable bonds is 4. The van der Waals surface area contributed by atoms with Gasteiger partial charge >= 0.3 is 0 Å². The molecule has 1 N–H and O–H groups in total. The van der Waals surface area contributed by atoms with Gasteiger partial charge in [-0.3, -0.25) is 4.79 Å². The minimum Gasteiger partial charge on any atom is -0.302 e. The van der Waals surface area contributed by atoms with Gasteiger partial charge in [0.25, 0.3) is 0 Å². The molecule has 26 heavy (non-hydrogen) atoms. The Bertz CT molecular complexity index is 1060. The number of hydrogen-bond donors (Lipinski definition) is 1. The number of fused-ring (bicyclic) bond motifs is 1. The smallest absolute Gasteiger partial charge is 0.230 e. The van der Waals surface area contributed by atoms with Gasteiger partial charge in [-0.15, -0.1) is 0 Å². The molecule has 3 rings (SSSR count). The van der Waals surface area contributed by atoms with E-state index in [4.69, 9.17) is 0 Å². The molecular formula is C15H19N3O5S3. The third kappa shape index (κ3) is 4.22. The van der Waals surface area contributed by atoms with Crippen LogP contribution in [0.1, 0.15) is 12.8 Å². The minimum atomic E-state index is -3.32. The summed E-state index contributed by atoms with van der Waals surface area (Å²) in [6, 6.07) is 4.61. The lowest BCUT2D eigenvalue weighted by atomic mass is 9.99. The van der Waals surface area contributed by atoms with Crippen molar-refractivity contribution >= 4 is 52.5 Å². The Balaban J connectivity index is 1.77. The highest BCUT2D eigenvalue weighted by atomic mass is 32.2. The fourth-order valence-corrected chi connectivity index (χ4v) is 5.40. The zero-order valence-electron chi connectivity index (χ0n) is 14.3. The Hall–Kier alpha value is -1.56. The molecule has 0 aliphatic carbocycles. The van der Waals surface area contributed by atoms with Crippen molar-refractivity contribution in [1.82, 2.24) is 9.29 Å². The predicted molar refractivity (Wildman–Crippen MR) is 101 cm³/mol. The molecule has 1 amide bonds. The fraction of sp³-hybridized carbons (Fsp3) is 0.467. The van der Waals surface area contributed by atoms with E-state index in [1.165, 1.54) is 27.8 Å². The molecular weight excluding hydrogens is 398 g/mol. The van der Waals surface area contributed by atoms with Crippen LogP contribution in [-0.2, 0) is 24.7 Å². The van der Waals surface area contributed by atoms with Gasteiger partial charge in [0, 0.05) is 19.3 Å². The van der Waals surface area contributed by atoms with E-state index in [1.54, 1.807) is 6.07 Å². The molecule has 1 aromatic carbocycles. The van der Waals surface area contributed by atoms with Gasteiger partial charge < -0.3 is 5.32 Å². The molecule has 1 saturated heterocycles. The van der Waals surface area contributed by atoms with Crippen LogP contribution in [0.3, 0.4) is 0 Å². The third-order valence-electron chi connectivity index (χ3n) is 4.24. The molecule has 1 unspecified atom stereocenters. The van der Waals surface area contributed by atoms with Gasteiger partial charge in [-0.25, -0.2) is 26.1 Å². The lowest BCUT2D eigenvalue weighted by Crippen LogP contribution is -2.43. The first-order valence-electron chi connectivity index (χ1n) is 7.91. The first kappa shape index (κ1) is 19.2. The number of nitrogens with zero attached hydrogens (tertiary/aromatic N) is 2. The van der Waals surface area contributed by atoms with Crippen LogP contribution in [0.4, 0.5) is 5.13 Å². The molecule has 142 valence electrons. The van der Waals surface area contributed by atoms with Crippen LogP contribution >= 0.6 is 11.3 Å². The molecule has 1 aliphatic heterocycles. The van der Waals surface area contributed by atoms with E-state index in [9.17, 15) is 21.6 Å². The van der Waals surface area contributed by atoms with Gasteiger partial charge in [-0.1, -0.05) is 11.3 Å². The van der Waals surface area contributed by atoms with Gasteiger partial charge in [-0.2, -0.15) is 0 Å². The molecule has 1 aromatic heterocycles. The van der Waals surface area contributed by atoms with Crippen molar-refractivity contribution in [3.63, 3.8) is 0 Å². The Morgan fingerprint density at radius 1 is 1.27 bits per heavy atom. The Labute approximate surface area is 156 Å². The van der Waals surface area contributed by atoms with Gasteiger partial charge in [-0.05, 0) is 31.0 Å². The van der Waals surface area contributed by atoms with Crippen molar-refractivity contribution in [2.45, 2.75) is 17.7 Å². The summed E-state index contributed by atoms with van der Waals surface area (Å²) in [4.78, 5) is 17.0. The van der Waals surface area contributed by atoms with Crippen molar-refractivity contribution in [3.05, 3.63) is 18.2 Å². The number of hydrogen-bond acceptors (Lipinski definition) is 7. The van der Waals surface area contributed by atoms with Crippen LogP contribution in [0, 0.1) is 5.92 Å². The van der Waals surface area contributed by atoms with E-state index in [-0.39, 0.29) is 17.3 Å². The molecule has 2 heterocycles. The van der Waals surface area contributed by atoms with Crippen molar-refractivity contribution in [2.75, 3.05) is 30.9 Å². The maximum absolute atomic E-state index is 12.5. The lowest BCUT2D eigenvalue weighted by molar-refractivity contribution is -0.120. The SMILES string of the molecule is CS(=O)(=O)c1ccc2nc(NC(=O)C3CCCN(S(C)(=O)=O)C3)sc2c1. The molecule has 1 atom stereocenters. The Kier molecular flexibility index (Phi) is 5.08. The highest BCUT2D eigenvalue weighted by Gasteiger charge is 2.30. The Morgan fingerprint density at radius 2 is 2.00 bits per heavy atom. The second-order valence-corrected chi connectivity index (χ2v) is 11.4. The third-order valence-corrected chi connectivity index (χ3v) is 7.56. The molecule has 8 nitrogen and oxygen atoms in total. The number of carbonyl (C=O) groups is 1. The number of piperidine rings is 1. The largest absolute Gasteiger partial charge is 0.302 e. The molecule has 2 aromatic rings. The number of thiazole rings is 1. The number of amides is 1. The number of nitrogens with one attached hydrogen (secondary N) is 1. The van der Waals surface area contributed by atoms with E-state index in [0.717, 1.165) is 12.5 Å². The van der Waals surface area contributed by atoms with E-state index in [1.807, 2.05) is 0 Å². The molecule has 0 saturated carbocycles. The summed E-state index contributed by atoms with van der Waals surface area (Å²) in [7, 11) is -6.64. The van der Waals surface area contributed by atoms with E-state index in [0.29, 0.717) is 34.7 Å². The van der Waals surface area contributed by atoms with Crippen LogP contribution in [0.15, 0.2) is 23.1 Å². The normalized spacial score (nSPS) is 19.5. The number of carbonyl (C=O) groups excluding carboxylic acids is 1. The van der Waals surface area contributed by atoms with Gasteiger partial charge in [0.2, 0.25) is 15.9 Å². The number of aromatic nitrogens is 1. The second-order valence-electron chi connectivity index (χ2n) is 6.37. The van der Waals surface area contributed by atoms with Crippen molar-refractivity contribution in [1.29, 1.82) is 0 Å². The summed E-state index contributed by atoms with van der Waals surface area (Å²) in [6.45, 7) is 0.589. The monoisotopic (exact) mass is 417 g/mol. The van der Waals surface area contributed by atoms with Crippen LogP contribution in [-0.4, -0.2) is 57.6 Å². The van der Waals surface area contributed by atoms with Crippen molar-refractivity contribution in [2.24, 2.45) is 5.92 Å². The average Bonchev–Trinajstić information content (AvgIpc) is 2.94. The van der Waals surface area contributed by atoms with E-state index >= 15 is 0 Å². The average molecular weight is 418 g/mol. The number of benzene rings is 1. The van der Waals surface area contributed by atoms with Crippen LogP contribution < -0.4 is 5.32 Å². The predicted octanol–water partition coefficient (Wildman–Crippen LogP) is 1.31. The zero-order valence-corrected chi connectivity index (χ0v) is 16.7. The molecule has 11 heteroatoms. The zero-order chi connectivity index (χ0) is 19.1. The number of sulfonamides is 1.